The Bertz CT molecular complexity index is 336. The molecule has 0 saturated heterocycles. The second-order valence-corrected chi connectivity index (χ2v) is 5.45. The topological polar surface area (TPSA) is 34.1 Å². The first-order chi connectivity index (χ1) is 9.17. The maximum absolute atomic E-state index is 12.2. The Labute approximate surface area is 117 Å². The van der Waals surface area contributed by atoms with E-state index < -0.39 is 5.41 Å². The van der Waals surface area contributed by atoms with Gasteiger partial charge in [0.05, 0.1) is 5.41 Å². The summed E-state index contributed by atoms with van der Waals surface area (Å²) in [4.78, 5) is 24.4. The minimum absolute atomic E-state index is 0.113. The lowest BCUT2D eigenvalue weighted by atomic mass is 9.67. The summed E-state index contributed by atoms with van der Waals surface area (Å²) >= 11 is 0. The molecular weight excluding hydrogens is 236 g/mol. The maximum Gasteiger partial charge on any atom is 0.147 e. The van der Waals surface area contributed by atoms with E-state index in [1.807, 2.05) is 6.08 Å². The molecule has 0 heterocycles. The molecule has 1 saturated carbocycles. The van der Waals surface area contributed by atoms with Crippen molar-refractivity contribution < 1.29 is 9.59 Å². The zero-order valence-corrected chi connectivity index (χ0v) is 12.1. The first kappa shape index (κ1) is 15.9. The van der Waals surface area contributed by atoms with Crippen LogP contribution in [-0.4, -0.2) is 11.6 Å². The van der Waals surface area contributed by atoms with Gasteiger partial charge in [0, 0.05) is 12.8 Å². The SMILES string of the molecule is C=CCC1(C/C=C/CCCCC)C(=O)CCCC1=O. The fourth-order valence-corrected chi connectivity index (χ4v) is 2.74. The van der Waals surface area contributed by atoms with E-state index in [0.717, 1.165) is 12.8 Å². The predicted octanol–water partition coefficient (Wildman–Crippen LogP) is 4.40. The number of hydrogen-bond acceptors (Lipinski definition) is 2. The largest absolute Gasteiger partial charge is 0.299 e. The van der Waals surface area contributed by atoms with Gasteiger partial charge in [0.1, 0.15) is 11.6 Å². The molecule has 0 aliphatic heterocycles. The maximum atomic E-state index is 12.2. The van der Waals surface area contributed by atoms with Crippen molar-refractivity contribution in [3.63, 3.8) is 0 Å². The summed E-state index contributed by atoms with van der Waals surface area (Å²) in [7, 11) is 0. The zero-order valence-electron chi connectivity index (χ0n) is 12.1. The summed E-state index contributed by atoms with van der Waals surface area (Å²) in [6.07, 6.45) is 13.4. The highest BCUT2D eigenvalue weighted by molar-refractivity contribution is 6.09. The molecule has 106 valence electrons. The van der Waals surface area contributed by atoms with Crippen molar-refractivity contribution in [1.29, 1.82) is 0 Å². The van der Waals surface area contributed by atoms with Gasteiger partial charge in [-0.25, -0.2) is 0 Å². The monoisotopic (exact) mass is 262 g/mol. The zero-order chi connectivity index (χ0) is 14.1. The third kappa shape index (κ3) is 4.15. The van der Waals surface area contributed by atoms with Crippen molar-refractivity contribution in [2.45, 2.75) is 64.7 Å². The molecule has 0 atom stereocenters. The van der Waals surface area contributed by atoms with Gasteiger partial charge in [-0.15, -0.1) is 6.58 Å². The van der Waals surface area contributed by atoms with Crippen molar-refractivity contribution in [3.05, 3.63) is 24.8 Å². The Morgan fingerprint density at radius 2 is 1.79 bits per heavy atom. The molecule has 1 fully saturated rings. The molecule has 1 aliphatic carbocycles. The van der Waals surface area contributed by atoms with E-state index >= 15 is 0 Å². The molecule has 0 spiro atoms. The van der Waals surface area contributed by atoms with Gasteiger partial charge in [-0.1, -0.05) is 38.0 Å². The van der Waals surface area contributed by atoms with Gasteiger partial charge in [-0.2, -0.15) is 0 Å². The van der Waals surface area contributed by atoms with Crippen molar-refractivity contribution in [2.75, 3.05) is 0 Å². The first-order valence-electron chi connectivity index (χ1n) is 7.50. The van der Waals surface area contributed by atoms with Crippen LogP contribution in [-0.2, 0) is 9.59 Å². The van der Waals surface area contributed by atoms with Crippen molar-refractivity contribution >= 4 is 11.6 Å². The predicted molar refractivity (Wildman–Crippen MR) is 79.0 cm³/mol. The number of carbonyl (C=O) groups excluding carboxylic acids is 2. The van der Waals surface area contributed by atoms with Crippen molar-refractivity contribution in [2.24, 2.45) is 5.41 Å². The van der Waals surface area contributed by atoms with Crippen molar-refractivity contribution in [1.82, 2.24) is 0 Å². The summed E-state index contributed by atoms with van der Waals surface area (Å²) in [5.74, 6) is 0.226. The molecule has 0 radical (unpaired) electrons. The molecule has 0 aromatic rings. The molecule has 0 N–H and O–H groups in total. The Hall–Kier alpha value is -1.18. The molecule has 0 aromatic carbocycles. The highest BCUT2D eigenvalue weighted by Gasteiger charge is 2.44. The van der Waals surface area contributed by atoms with E-state index in [-0.39, 0.29) is 11.6 Å². The smallest absolute Gasteiger partial charge is 0.147 e. The fourth-order valence-electron chi connectivity index (χ4n) is 2.74. The van der Waals surface area contributed by atoms with E-state index in [9.17, 15) is 9.59 Å². The molecule has 1 aliphatic rings. The second kappa shape index (κ2) is 8.08. The van der Waals surface area contributed by atoms with Crippen LogP contribution < -0.4 is 0 Å². The summed E-state index contributed by atoms with van der Waals surface area (Å²) in [6.45, 7) is 5.89. The molecule has 0 amide bonds. The first-order valence-corrected chi connectivity index (χ1v) is 7.50. The average Bonchev–Trinajstić information content (AvgIpc) is 2.39. The van der Waals surface area contributed by atoms with Crippen LogP contribution in [0.1, 0.15) is 64.7 Å². The standard InChI is InChI=1S/C17H26O2/c1-3-5-6-7-8-9-14-17(13-4-2)15(18)11-10-12-16(17)19/h4,8-9H,2-3,5-7,10-14H2,1H3/b9-8+. The summed E-state index contributed by atoms with van der Waals surface area (Å²) in [5.41, 5.74) is -0.790. The van der Waals surface area contributed by atoms with E-state index in [2.05, 4.69) is 19.6 Å². The molecule has 0 aromatic heterocycles. The van der Waals surface area contributed by atoms with Gasteiger partial charge in [0.2, 0.25) is 0 Å². The van der Waals surface area contributed by atoms with Gasteiger partial charge in [0.25, 0.3) is 0 Å². The molecule has 2 nitrogen and oxygen atoms in total. The summed E-state index contributed by atoms with van der Waals surface area (Å²) in [6, 6.07) is 0. The summed E-state index contributed by atoms with van der Waals surface area (Å²) in [5, 5.41) is 0. The van der Waals surface area contributed by atoms with Crippen molar-refractivity contribution in [3.8, 4) is 0 Å². The van der Waals surface area contributed by atoms with Crippen LogP contribution in [0, 0.1) is 5.41 Å². The molecule has 0 unspecified atom stereocenters. The molecule has 19 heavy (non-hydrogen) atoms. The van der Waals surface area contributed by atoms with Crippen LogP contribution in [0.2, 0.25) is 0 Å². The lowest BCUT2D eigenvalue weighted by Crippen LogP contribution is -2.41. The van der Waals surface area contributed by atoms with E-state index in [4.69, 9.17) is 0 Å². The Balaban J connectivity index is 2.63. The Morgan fingerprint density at radius 1 is 1.11 bits per heavy atom. The van der Waals surface area contributed by atoms with Crippen LogP contribution >= 0.6 is 0 Å². The highest BCUT2D eigenvalue weighted by Crippen LogP contribution is 2.37. The third-order valence-corrected chi connectivity index (χ3v) is 3.98. The van der Waals surface area contributed by atoms with E-state index in [0.29, 0.717) is 25.7 Å². The van der Waals surface area contributed by atoms with E-state index in [1.54, 1.807) is 6.08 Å². The number of unbranched alkanes of at least 4 members (excludes halogenated alkanes) is 3. The van der Waals surface area contributed by atoms with Crippen LogP contribution in [0.4, 0.5) is 0 Å². The van der Waals surface area contributed by atoms with Crippen LogP contribution in [0.5, 0.6) is 0 Å². The Morgan fingerprint density at radius 3 is 2.37 bits per heavy atom. The number of ketones is 2. The molecule has 0 bridgehead atoms. The van der Waals surface area contributed by atoms with Gasteiger partial charge in [-0.3, -0.25) is 9.59 Å². The molecule has 2 heteroatoms. The number of Topliss-reactive ketones (excluding diaryl/α,β-unsaturated/α-hetero) is 2. The lowest BCUT2D eigenvalue weighted by Gasteiger charge is -2.32. The van der Waals surface area contributed by atoms with E-state index in [1.165, 1.54) is 19.3 Å². The molecular formula is C17H26O2. The van der Waals surface area contributed by atoms with Gasteiger partial charge in [0.15, 0.2) is 0 Å². The fraction of sp³-hybridized carbons (Fsp3) is 0.647. The minimum atomic E-state index is -0.790. The van der Waals surface area contributed by atoms with Gasteiger partial charge >= 0.3 is 0 Å². The quantitative estimate of drug-likeness (QED) is 0.369. The van der Waals surface area contributed by atoms with Gasteiger partial charge in [-0.05, 0) is 32.1 Å². The van der Waals surface area contributed by atoms with Crippen LogP contribution in [0.25, 0.3) is 0 Å². The lowest BCUT2D eigenvalue weighted by molar-refractivity contribution is -0.143. The minimum Gasteiger partial charge on any atom is -0.299 e. The third-order valence-electron chi connectivity index (χ3n) is 3.98. The average molecular weight is 262 g/mol. The van der Waals surface area contributed by atoms with Crippen LogP contribution in [0.15, 0.2) is 24.8 Å². The second-order valence-electron chi connectivity index (χ2n) is 5.45. The van der Waals surface area contributed by atoms with Gasteiger partial charge < -0.3 is 0 Å². The number of rotatable bonds is 8. The molecule has 1 rings (SSSR count). The summed E-state index contributed by atoms with van der Waals surface area (Å²) < 4.78 is 0. The number of carbonyl (C=O) groups is 2. The number of hydrogen-bond donors (Lipinski definition) is 0. The Kier molecular flexibility index (Phi) is 6.75. The highest BCUT2D eigenvalue weighted by atomic mass is 16.2. The normalized spacial score (nSPS) is 19.0. The van der Waals surface area contributed by atoms with Crippen LogP contribution in [0.3, 0.4) is 0 Å². The number of allylic oxidation sites excluding steroid dienone is 3.